The van der Waals surface area contributed by atoms with E-state index in [9.17, 15) is 19.5 Å². The molecule has 172 valence electrons. The lowest BCUT2D eigenvalue weighted by Gasteiger charge is -2.47. The number of nitrogens with zero attached hydrogens (tertiary/aromatic N) is 1. The van der Waals surface area contributed by atoms with Gasteiger partial charge in [-0.3, -0.25) is 9.59 Å². The van der Waals surface area contributed by atoms with Gasteiger partial charge in [0.15, 0.2) is 0 Å². The Morgan fingerprint density at radius 1 is 1.10 bits per heavy atom. The van der Waals surface area contributed by atoms with Crippen LogP contribution >= 0.6 is 0 Å². The van der Waals surface area contributed by atoms with Crippen molar-refractivity contribution in [3.05, 3.63) is 0 Å². The highest BCUT2D eigenvalue weighted by Gasteiger charge is 2.55. The van der Waals surface area contributed by atoms with E-state index in [4.69, 9.17) is 9.47 Å². The first-order chi connectivity index (χ1) is 13.9. The summed E-state index contributed by atoms with van der Waals surface area (Å²) in [5.74, 6) is -4.47. The summed E-state index contributed by atoms with van der Waals surface area (Å²) in [4.78, 5) is 40.2. The van der Waals surface area contributed by atoms with Gasteiger partial charge < -0.3 is 19.5 Å². The number of amides is 1. The van der Waals surface area contributed by atoms with E-state index in [1.165, 1.54) is 4.90 Å². The van der Waals surface area contributed by atoms with Gasteiger partial charge in [0.2, 0.25) is 5.79 Å². The first-order valence-electron chi connectivity index (χ1n) is 11.4. The Kier molecular flexibility index (Phi) is 8.08. The Balaban J connectivity index is 2.25. The van der Waals surface area contributed by atoms with E-state index in [0.717, 1.165) is 6.42 Å². The lowest BCUT2D eigenvalue weighted by atomic mass is 9.76. The molecule has 2 rings (SSSR count). The lowest BCUT2D eigenvalue weighted by Crippen LogP contribution is -2.62. The van der Waals surface area contributed by atoms with Gasteiger partial charge in [-0.1, -0.05) is 34.6 Å². The summed E-state index contributed by atoms with van der Waals surface area (Å²) in [7, 11) is 0. The second-order valence-corrected chi connectivity index (χ2v) is 9.82. The standard InChI is InChI=1S/C23H39NO6/c1-13(2)17(7)19-15(5)12-16(6)23(28,30-19)20(25)21(26)24-11-9-8-10-18(24)22(27)29-14(3)4/h13-19,28H,8-12H2,1-7H3/t15?,16-,17?,18?,19+,23-/m1/s1. The molecule has 0 aromatic heterocycles. The normalized spacial score (nSPS) is 33.5. The predicted molar refractivity (Wildman–Crippen MR) is 112 cm³/mol. The van der Waals surface area contributed by atoms with Gasteiger partial charge in [0.1, 0.15) is 6.04 Å². The highest BCUT2D eigenvalue weighted by molar-refractivity contribution is 6.39. The Morgan fingerprint density at radius 2 is 1.73 bits per heavy atom. The number of esters is 1. The van der Waals surface area contributed by atoms with Crippen molar-refractivity contribution in [3.63, 3.8) is 0 Å². The molecule has 0 aromatic rings. The Bertz CT molecular complexity index is 648. The van der Waals surface area contributed by atoms with Crippen molar-refractivity contribution in [3.8, 4) is 0 Å². The maximum atomic E-state index is 13.2. The highest BCUT2D eigenvalue weighted by atomic mass is 16.6. The van der Waals surface area contributed by atoms with Crippen LogP contribution < -0.4 is 0 Å². The molecular weight excluding hydrogens is 386 g/mol. The molecule has 7 heteroatoms. The van der Waals surface area contributed by atoms with Crippen LogP contribution in [0.3, 0.4) is 0 Å². The number of likely N-dealkylation sites (tertiary alicyclic amines) is 1. The molecule has 1 amide bonds. The Hall–Kier alpha value is -1.47. The SMILES string of the molecule is CC(C)OC(=O)C1CCCCN1C(=O)C(=O)[C@]1(O)O[C@H](C(C)C(C)C)C(C)C[C@H]1C. The zero-order valence-corrected chi connectivity index (χ0v) is 19.5. The van der Waals surface area contributed by atoms with E-state index in [2.05, 4.69) is 20.8 Å². The van der Waals surface area contributed by atoms with Crippen LogP contribution in [0.15, 0.2) is 0 Å². The quantitative estimate of drug-likeness (QED) is 0.519. The average Bonchev–Trinajstić information content (AvgIpc) is 2.68. The van der Waals surface area contributed by atoms with Crippen molar-refractivity contribution in [2.45, 2.75) is 98.2 Å². The van der Waals surface area contributed by atoms with Gasteiger partial charge in [0, 0.05) is 12.5 Å². The van der Waals surface area contributed by atoms with E-state index in [-0.39, 0.29) is 30.6 Å². The number of carbonyl (C=O) groups excluding carboxylic acids is 3. The van der Waals surface area contributed by atoms with Crippen LogP contribution in [0.4, 0.5) is 0 Å². The van der Waals surface area contributed by atoms with Gasteiger partial charge in [0.25, 0.3) is 11.7 Å². The minimum absolute atomic E-state index is 0.116. The number of carbonyl (C=O) groups is 3. The zero-order chi connectivity index (χ0) is 22.8. The van der Waals surface area contributed by atoms with E-state index in [1.807, 2.05) is 6.92 Å². The average molecular weight is 426 g/mol. The van der Waals surface area contributed by atoms with Gasteiger partial charge in [0.05, 0.1) is 12.2 Å². The maximum absolute atomic E-state index is 13.2. The molecular formula is C23H39NO6. The van der Waals surface area contributed by atoms with Crippen LogP contribution in [0.5, 0.6) is 0 Å². The minimum Gasteiger partial charge on any atom is -0.461 e. The largest absolute Gasteiger partial charge is 0.461 e. The number of hydrogen-bond donors (Lipinski definition) is 1. The number of aliphatic hydroxyl groups is 1. The summed E-state index contributed by atoms with van der Waals surface area (Å²) < 4.78 is 11.3. The van der Waals surface area contributed by atoms with E-state index in [1.54, 1.807) is 20.8 Å². The van der Waals surface area contributed by atoms with Crippen molar-refractivity contribution in [1.82, 2.24) is 4.90 Å². The first-order valence-corrected chi connectivity index (χ1v) is 11.4. The molecule has 0 bridgehead atoms. The maximum Gasteiger partial charge on any atom is 0.329 e. The first kappa shape index (κ1) is 24.8. The van der Waals surface area contributed by atoms with E-state index >= 15 is 0 Å². The molecule has 1 N–H and O–H groups in total. The second-order valence-electron chi connectivity index (χ2n) is 9.82. The number of rotatable bonds is 6. The smallest absolute Gasteiger partial charge is 0.329 e. The summed E-state index contributed by atoms with van der Waals surface area (Å²) in [5.41, 5.74) is 0. The van der Waals surface area contributed by atoms with Crippen LogP contribution in [0.2, 0.25) is 0 Å². The van der Waals surface area contributed by atoms with Crippen LogP contribution in [0, 0.1) is 23.7 Å². The monoisotopic (exact) mass is 425 g/mol. The minimum atomic E-state index is -2.18. The Morgan fingerprint density at radius 3 is 2.30 bits per heavy atom. The molecule has 3 unspecified atom stereocenters. The van der Waals surface area contributed by atoms with Gasteiger partial charge in [-0.2, -0.15) is 0 Å². The van der Waals surface area contributed by atoms with Gasteiger partial charge >= 0.3 is 5.97 Å². The lowest BCUT2D eigenvalue weighted by molar-refractivity contribution is -0.283. The third-order valence-electron chi connectivity index (χ3n) is 6.75. The molecule has 0 saturated carbocycles. The molecule has 2 aliphatic rings. The number of Topliss-reactive ketones (excluding diaryl/α,β-unsaturated/α-hetero) is 1. The molecule has 0 radical (unpaired) electrons. The van der Waals surface area contributed by atoms with Crippen LogP contribution in [0.1, 0.15) is 74.1 Å². The van der Waals surface area contributed by atoms with Gasteiger partial charge in [-0.25, -0.2) is 4.79 Å². The summed E-state index contributed by atoms with van der Waals surface area (Å²) in [6.45, 7) is 13.7. The second kappa shape index (κ2) is 9.77. The van der Waals surface area contributed by atoms with Gasteiger partial charge in [-0.05, 0) is 57.3 Å². The Labute approximate surface area is 180 Å². The third-order valence-corrected chi connectivity index (χ3v) is 6.75. The van der Waals surface area contributed by atoms with E-state index in [0.29, 0.717) is 25.2 Å². The summed E-state index contributed by atoms with van der Waals surface area (Å²) in [6.07, 6.45) is 1.87. The van der Waals surface area contributed by atoms with Crippen molar-refractivity contribution >= 4 is 17.7 Å². The molecule has 0 spiro atoms. The molecule has 2 fully saturated rings. The highest BCUT2D eigenvalue weighted by Crippen LogP contribution is 2.41. The van der Waals surface area contributed by atoms with Crippen molar-refractivity contribution in [1.29, 1.82) is 0 Å². The number of ketones is 1. The molecule has 0 aromatic carbocycles. The number of piperidine rings is 1. The zero-order valence-electron chi connectivity index (χ0n) is 19.5. The molecule has 6 atom stereocenters. The summed E-state index contributed by atoms with van der Waals surface area (Å²) in [5, 5.41) is 11.3. The van der Waals surface area contributed by atoms with Gasteiger partial charge in [-0.15, -0.1) is 0 Å². The fourth-order valence-corrected chi connectivity index (χ4v) is 4.59. The molecule has 2 saturated heterocycles. The summed E-state index contributed by atoms with van der Waals surface area (Å²) >= 11 is 0. The molecule has 30 heavy (non-hydrogen) atoms. The molecule has 7 nitrogen and oxygen atoms in total. The van der Waals surface area contributed by atoms with E-state index < -0.39 is 35.4 Å². The fraction of sp³-hybridized carbons (Fsp3) is 0.870. The molecule has 2 heterocycles. The fourth-order valence-electron chi connectivity index (χ4n) is 4.59. The number of ether oxygens (including phenoxy) is 2. The van der Waals surface area contributed by atoms with Crippen molar-refractivity contribution in [2.75, 3.05) is 6.54 Å². The van der Waals surface area contributed by atoms with Crippen LogP contribution in [0.25, 0.3) is 0 Å². The van der Waals surface area contributed by atoms with Crippen molar-refractivity contribution in [2.24, 2.45) is 23.7 Å². The topological polar surface area (TPSA) is 93.1 Å². The third kappa shape index (κ3) is 5.05. The van der Waals surface area contributed by atoms with Crippen LogP contribution in [-0.2, 0) is 23.9 Å². The van der Waals surface area contributed by atoms with Crippen molar-refractivity contribution < 1.29 is 29.0 Å². The number of hydrogen-bond acceptors (Lipinski definition) is 6. The summed E-state index contributed by atoms with van der Waals surface area (Å²) in [6, 6.07) is -0.801. The molecule has 0 aliphatic carbocycles. The van der Waals surface area contributed by atoms with Crippen LogP contribution in [-0.4, -0.2) is 58.2 Å². The molecule has 2 aliphatic heterocycles. The predicted octanol–water partition coefficient (Wildman–Crippen LogP) is 2.93.